The highest BCUT2D eigenvalue weighted by Gasteiger charge is 2.41. The molecule has 0 aromatic heterocycles. The maximum absolute atomic E-state index is 13.6. The van der Waals surface area contributed by atoms with Crippen LogP contribution in [-0.2, 0) is 25.7 Å². The average Bonchev–Trinajstić information content (AvgIpc) is 2.71. The minimum atomic E-state index is -2.60. The van der Waals surface area contributed by atoms with Crippen LogP contribution in [0.4, 0.5) is 0 Å². The summed E-state index contributed by atoms with van der Waals surface area (Å²) in [6, 6.07) is 7.43. The third kappa shape index (κ3) is 5.03. The predicted octanol–water partition coefficient (Wildman–Crippen LogP) is 3.54. The molecule has 3 heterocycles. The monoisotopic (exact) mass is 446 g/mol. The Morgan fingerprint density at radius 1 is 1.19 bits per heavy atom. The first kappa shape index (κ1) is 22.5. The van der Waals surface area contributed by atoms with Crippen LogP contribution in [0.15, 0.2) is 28.6 Å². The first-order valence-corrected chi connectivity index (χ1v) is 13.3. The molecule has 0 N–H and O–H groups in total. The van der Waals surface area contributed by atoms with Crippen LogP contribution in [0.2, 0.25) is 0 Å². The summed E-state index contributed by atoms with van der Waals surface area (Å²) in [6.45, 7) is 7.96. The fraction of sp³-hybridized carbons (Fsp3) is 0.667. The molecule has 0 aliphatic carbocycles. The zero-order valence-corrected chi connectivity index (χ0v) is 19.7. The van der Waals surface area contributed by atoms with Gasteiger partial charge in [-0.15, -0.1) is 0 Å². The minimum absolute atomic E-state index is 0.00347. The zero-order chi connectivity index (χ0) is 22.2. The topological polar surface area (TPSA) is 76.0 Å². The molecule has 3 aliphatic heterocycles. The first-order valence-electron chi connectivity index (χ1n) is 11.5. The highest BCUT2D eigenvalue weighted by molar-refractivity contribution is 7.94. The molecule has 3 aliphatic rings. The fourth-order valence-electron chi connectivity index (χ4n) is 5.56. The van der Waals surface area contributed by atoms with E-state index in [1.54, 1.807) is 6.07 Å². The van der Waals surface area contributed by atoms with Crippen LogP contribution < -0.4 is 0 Å². The van der Waals surface area contributed by atoms with E-state index in [4.69, 9.17) is 4.74 Å². The quantitative estimate of drug-likeness (QED) is 0.712. The average molecular weight is 447 g/mol. The molecule has 3 unspecified atom stereocenters. The van der Waals surface area contributed by atoms with E-state index >= 15 is 0 Å². The second-order valence-corrected chi connectivity index (χ2v) is 12.4. The second-order valence-electron chi connectivity index (χ2n) is 10.0. The Bertz CT molecular complexity index is 960. The van der Waals surface area contributed by atoms with Gasteiger partial charge in [-0.1, -0.05) is 25.1 Å². The fourth-order valence-corrected chi connectivity index (χ4v) is 8.20. The van der Waals surface area contributed by atoms with Crippen LogP contribution in [0.25, 0.3) is 0 Å². The van der Waals surface area contributed by atoms with Crippen molar-refractivity contribution in [3.05, 3.63) is 35.4 Å². The van der Waals surface area contributed by atoms with Crippen molar-refractivity contribution in [3.63, 3.8) is 0 Å². The van der Waals surface area contributed by atoms with E-state index in [2.05, 4.69) is 4.36 Å². The van der Waals surface area contributed by atoms with Crippen molar-refractivity contribution < 1.29 is 18.5 Å². The molecule has 170 valence electrons. The van der Waals surface area contributed by atoms with Crippen molar-refractivity contribution in [1.82, 2.24) is 4.90 Å². The number of ether oxygens (including phenoxy) is 1. The molecule has 3 fully saturated rings. The van der Waals surface area contributed by atoms with Crippen LogP contribution in [0.5, 0.6) is 0 Å². The van der Waals surface area contributed by atoms with Crippen LogP contribution in [-0.4, -0.2) is 57.7 Å². The summed E-state index contributed by atoms with van der Waals surface area (Å²) in [5, 5.41) is 0. The zero-order valence-electron chi connectivity index (χ0n) is 18.8. The maximum atomic E-state index is 13.6. The van der Waals surface area contributed by atoms with Gasteiger partial charge in [-0.3, -0.25) is 9.59 Å². The van der Waals surface area contributed by atoms with E-state index in [9.17, 15) is 13.8 Å². The molecule has 31 heavy (non-hydrogen) atoms. The molecular weight excluding hydrogens is 412 g/mol. The van der Waals surface area contributed by atoms with E-state index in [-0.39, 0.29) is 35.2 Å². The molecule has 0 spiro atoms. The lowest BCUT2D eigenvalue weighted by Crippen LogP contribution is -2.53. The molecule has 4 rings (SSSR count). The molecule has 2 bridgehead atoms. The largest absolute Gasteiger partial charge is 0.376 e. The van der Waals surface area contributed by atoms with E-state index in [0.29, 0.717) is 36.8 Å². The number of nitrogens with zero attached hydrogens (tertiary/aromatic N) is 2. The Morgan fingerprint density at radius 3 is 2.52 bits per heavy atom. The van der Waals surface area contributed by atoms with Gasteiger partial charge in [0, 0.05) is 42.7 Å². The van der Waals surface area contributed by atoms with Crippen molar-refractivity contribution in [1.29, 1.82) is 0 Å². The summed E-state index contributed by atoms with van der Waals surface area (Å²) in [4.78, 5) is 28.0. The summed E-state index contributed by atoms with van der Waals surface area (Å²) in [7, 11) is -2.60. The van der Waals surface area contributed by atoms with Crippen LogP contribution in [0, 0.1) is 17.8 Å². The van der Waals surface area contributed by atoms with Crippen molar-refractivity contribution in [2.24, 2.45) is 22.1 Å². The number of aryl methyl sites for hydroxylation is 1. The summed E-state index contributed by atoms with van der Waals surface area (Å²) in [6.07, 6.45) is 3.22. The normalized spacial score (nSPS) is 32.4. The molecule has 0 saturated carbocycles. The number of amides is 2. The Hall–Kier alpha value is -1.73. The molecular formula is C24H34N2O4S. The van der Waals surface area contributed by atoms with Crippen LogP contribution >= 0.6 is 0 Å². The highest BCUT2D eigenvalue weighted by Crippen LogP contribution is 2.35. The number of carbonyl (C=O) groups is 2. The second kappa shape index (κ2) is 8.66. The third-order valence-corrected chi connectivity index (χ3v) is 9.34. The smallest absolute Gasteiger partial charge is 0.285 e. The Kier molecular flexibility index (Phi) is 6.28. The van der Waals surface area contributed by atoms with Crippen molar-refractivity contribution in [2.45, 2.75) is 52.1 Å². The lowest BCUT2D eigenvalue weighted by molar-refractivity contribution is -0.148. The van der Waals surface area contributed by atoms with Gasteiger partial charge in [-0.05, 0) is 63.0 Å². The standard InChI is InChI=1S/C24H34N2O4S/c1-4-19-7-5-6-8-21(19)22(27)25-31(29)15-17-11-18(16-31)14-26(13-17)23(28)20-9-10-30-24(2,3)12-20/h5-8,17-18,20H,4,9-16H2,1-3H3. The summed E-state index contributed by atoms with van der Waals surface area (Å²) in [5.41, 5.74) is 1.24. The number of fused-ring (bicyclic) bond motifs is 2. The number of hydrogen-bond donors (Lipinski definition) is 0. The van der Waals surface area contributed by atoms with Gasteiger partial charge in [0.1, 0.15) is 0 Å². The third-order valence-electron chi connectivity index (χ3n) is 6.85. The maximum Gasteiger partial charge on any atom is 0.285 e. The van der Waals surface area contributed by atoms with Gasteiger partial charge in [-0.2, -0.15) is 4.36 Å². The summed E-state index contributed by atoms with van der Waals surface area (Å²) >= 11 is 0. The van der Waals surface area contributed by atoms with E-state index in [0.717, 1.165) is 31.2 Å². The minimum Gasteiger partial charge on any atom is -0.376 e. The van der Waals surface area contributed by atoms with Gasteiger partial charge in [-0.25, -0.2) is 4.21 Å². The number of hydrogen-bond acceptors (Lipinski definition) is 4. The number of rotatable bonds is 3. The van der Waals surface area contributed by atoms with Crippen LogP contribution in [0.1, 0.15) is 56.0 Å². The van der Waals surface area contributed by atoms with E-state index < -0.39 is 9.73 Å². The number of piperidine rings is 1. The number of carbonyl (C=O) groups excluding carboxylic acids is 2. The van der Waals surface area contributed by atoms with Gasteiger partial charge in [0.05, 0.1) is 15.3 Å². The molecule has 0 radical (unpaired) electrons. The number of benzene rings is 1. The summed E-state index contributed by atoms with van der Waals surface area (Å²) in [5.74, 6) is 0.969. The van der Waals surface area contributed by atoms with Gasteiger partial charge in [0.25, 0.3) is 5.91 Å². The van der Waals surface area contributed by atoms with Crippen LogP contribution in [0.3, 0.4) is 0 Å². The highest BCUT2D eigenvalue weighted by atomic mass is 32.2. The number of likely N-dealkylation sites (tertiary alicyclic amines) is 1. The molecule has 6 nitrogen and oxygen atoms in total. The van der Waals surface area contributed by atoms with Crippen molar-refractivity contribution in [2.75, 3.05) is 31.2 Å². The summed E-state index contributed by atoms with van der Waals surface area (Å²) < 4.78 is 23.6. The Balaban J connectivity index is 1.47. The van der Waals surface area contributed by atoms with Gasteiger partial charge in [0.15, 0.2) is 0 Å². The van der Waals surface area contributed by atoms with Gasteiger partial charge >= 0.3 is 0 Å². The molecule has 1 aromatic rings. The molecule has 7 heteroatoms. The van der Waals surface area contributed by atoms with E-state index in [1.165, 1.54) is 0 Å². The van der Waals surface area contributed by atoms with Gasteiger partial charge in [0.2, 0.25) is 5.91 Å². The molecule has 2 amide bonds. The van der Waals surface area contributed by atoms with Crippen molar-refractivity contribution >= 4 is 21.5 Å². The Labute approximate surface area is 185 Å². The lowest BCUT2D eigenvalue weighted by Gasteiger charge is -2.44. The first-order chi connectivity index (χ1) is 14.7. The molecule has 3 saturated heterocycles. The van der Waals surface area contributed by atoms with E-state index in [1.807, 2.05) is 43.9 Å². The van der Waals surface area contributed by atoms with Gasteiger partial charge < -0.3 is 9.64 Å². The Morgan fingerprint density at radius 2 is 1.87 bits per heavy atom. The van der Waals surface area contributed by atoms with Crippen molar-refractivity contribution in [3.8, 4) is 0 Å². The lowest BCUT2D eigenvalue weighted by atomic mass is 9.85. The SMILES string of the molecule is CCc1ccccc1C(=O)N=S1(=O)CC2CC(CN(C(=O)C3CCOC(C)(C)C3)C2)C1. The predicted molar refractivity (Wildman–Crippen MR) is 121 cm³/mol. The molecule has 3 atom stereocenters. The molecule has 1 aromatic carbocycles.